The molecular weight excluding hydrogens is 243 g/mol. The number of fused-ring (bicyclic) bond motifs is 2. The predicted molar refractivity (Wildman–Crippen MR) is 45.0 cm³/mol. The monoisotopic (exact) mass is 252 g/mol. The third-order valence-electron chi connectivity index (χ3n) is 2.31. The Morgan fingerprint density at radius 3 is 3.00 bits per heavy atom. The first-order chi connectivity index (χ1) is 4.77. The van der Waals surface area contributed by atoms with Crippen LogP contribution < -0.4 is 0 Å². The van der Waals surface area contributed by atoms with Gasteiger partial charge in [-0.15, -0.1) is 0 Å². The Morgan fingerprint density at radius 2 is 2.30 bits per heavy atom. The maximum absolute atomic E-state index is 11.0. The van der Waals surface area contributed by atoms with E-state index in [0.717, 1.165) is 19.3 Å². The van der Waals surface area contributed by atoms with Gasteiger partial charge in [0.25, 0.3) is 0 Å². The molecule has 3 heteroatoms. The Bertz CT molecular complexity index is 169. The fourth-order valence-corrected chi connectivity index (χ4v) is 2.47. The fourth-order valence-electron chi connectivity index (χ4n) is 1.67. The van der Waals surface area contributed by atoms with Crippen molar-refractivity contribution in [3.8, 4) is 0 Å². The second-order valence-electron chi connectivity index (χ2n) is 3.00. The normalized spacial score (nSPS) is 45.3. The van der Waals surface area contributed by atoms with Crippen LogP contribution in [0.15, 0.2) is 0 Å². The zero-order valence-electron chi connectivity index (χ0n) is 5.55. The van der Waals surface area contributed by atoms with Crippen LogP contribution in [0.1, 0.15) is 19.3 Å². The van der Waals surface area contributed by atoms with Gasteiger partial charge in [0.15, 0.2) is 0 Å². The van der Waals surface area contributed by atoms with Gasteiger partial charge in [0.05, 0.1) is 5.92 Å². The van der Waals surface area contributed by atoms with E-state index in [-0.39, 0.29) is 18.0 Å². The molecule has 0 aromatic rings. The van der Waals surface area contributed by atoms with Crippen LogP contribution in [-0.4, -0.2) is 16.0 Å². The number of ether oxygens (including phenoxy) is 1. The van der Waals surface area contributed by atoms with E-state index in [2.05, 4.69) is 22.6 Å². The smallest absolute Gasteiger partial charge is 0.309 e. The van der Waals surface area contributed by atoms with Gasteiger partial charge in [0, 0.05) is 3.92 Å². The van der Waals surface area contributed by atoms with Gasteiger partial charge >= 0.3 is 5.97 Å². The molecule has 10 heavy (non-hydrogen) atoms. The molecule has 1 unspecified atom stereocenters. The van der Waals surface area contributed by atoms with E-state index in [0.29, 0.717) is 3.92 Å². The molecule has 0 aromatic heterocycles. The van der Waals surface area contributed by atoms with Crippen LogP contribution >= 0.6 is 22.6 Å². The van der Waals surface area contributed by atoms with Crippen molar-refractivity contribution in [1.82, 2.24) is 0 Å². The number of hydrogen-bond acceptors (Lipinski definition) is 2. The molecule has 2 rings (SSSR count). The second-order valence-corrected chi connectivity index (χ2v) is 4.60. The van der Waals surface area contributed by atoms with Gasteiger partial charge in [-0.3, -0.25) is 4.79 Å². The zero-order chi connectivity index (χ0) is 7.14. The van der Waals surface area contributed by atoms with Crippen molar-refractivity contribution in [2.24, 2.45) is 5.92 Å². The van der Waals surface area contributed by atoms with Crippen molar-refractivity contribution in [3.63, 3.8) is 0 Å². The topological polar surface area (TPSA) is 26.3 Å². The highest BCUT2D eigenvalue weighted by Gasteiger charge is 2.41. The van der Waals surface area contributed by atoms with Gasteiger partial charge in [-0.1, -0.05) is 22.6 Å². The summed E-state index contributed by atoms with van der Waals surface area (Å²) in [5.74, 6) is 0.292. The number of alkyl halides is 1. The van der Waals surface area contributed by atoms with Gasteiger partial charge in [0.2, 0.25) is 0 Å². The van der Waals surface area contributed by atoms with Crippen LogP contribution in [0.4, 0.5) is 0 Å². The Balaban J connectivity index is 2.15. The Kier molecular flexibility index (Phi) is 1.62. The molecule has 0 spiro atoms. The van der Waals surface area contributed by atoms with E-state index in [9.17, 15) is 4.79 Å². The third-order valence-corrected chi connectivity index (χ3v) is 3.74. The van der Waals surface area contributed by atoms with E-state index in [1.54, 1.807) is 0 Å². The first-order valence-electron chi connectivity index (χ1n) is 3.62. The van der Waals surface area contributed by atoms with Gasteiger partial charge in [-0.2, -0.15) is 0 Å². The zero-order valence-corrected chi connectivity index (χ0v) is 7.71. The maximum Gasteiger partial charge on any atom is 0.309 e. The molecule has 1 aliphatic carbocycles. The summed E-state index contributed by atoms with van der Waals surface area (Å²) in [6.07, 6.45) is 3.42. The standard InChI is InChI=1S/C7H9IO2/c8-5-2-1-4-3-6(5)10-7(4)9/h4-6H,1-3H2/t4-,5?,6+/m1/s1. The molecule has 2 nitrogen and oxygen atoms in total. The first-order valence-corrected chi connectivity index (χ1v) is 4.86. The Morgan fingerprint density at radius 1 is 1.50 bits per heavy atom. The van der Waals surface area contributed by atoms with E-state index >= 15 is 0 Å². The highest BCUT2D eigenvalue weighted by Crippen LogP contribution is 2.37. The highest BCUT2D eigenvalue weighted by atomic mass is 127. The van der Waals surface area contributed by atoms with Crippen molar-refractivity contribution in [3.05, 3.63) is 0 Å². The summed E-state index contributed by atoms with van der Waals surface area (Å²) in [5.41, 5.74) is 0. The third kappa shape index (κ3) is 0.946. The molecule has 0 N–H and O–H groups in total. The van der Waals surface area contributed by atoms with Crippen LogP contribution in [0, 0.1) is 5.92 Å². The van der Waals surface area contributed by atoms with Crippen molar-refractivity contribution >= 4 is 28.6 Å². The summed E-state index contributed by atoms with van der Waals surface area (Å²) in [5, 5.41) is 0. The summed E-state index contributed by atoms with van der Waals surface area (Å²) in [7, 11) is 0. The number of hydrogen-bond donors (Lipinski definition) is 0. The molecule has 0 radical (unpaired) electrons. The minimum Gasteiger partial charge on any atom is -0.461 e. The summed E-state index contributed by atoms with van der Waals surface area (Å²) < 4.78 is 5.72. The molecule has 1 saturated heterocycles. The second kappa shape index (κ2) is 2.36. The molecule has 2 fully saturated rings. The number of carbonyl (C=O) groups is 1. The lowest BCUT2D eigenvalue weighted by Gasteiger charge is -2.19. The highest BCUT2D eigenvalue weighted by molar-refractivity contribution is 14.1. The molecule has 1 aliphatic heterocycles. The Hall–Kier alpha value is 0.200. The average Bonchev–Trinajstić information content (AvgIpc) is 2.21. The minimum atomic E-state index is 0.0455. The van der Waals surface area contributed by atoms with Gasteiger partial charge < -0.3 is 4.74 Å². The number of esters is 1. The molecule has 1 heterocycles. The van der Waals surface area contributed by atoms with Gasteiger partial charge in [-0.05, 0) is 19.3 Å². The largest absolute Gasteiger partial charge is 0.461 e. The first kappa shape index (κ1) is 6.88. The molecular formula is C7H9IO2. The maximum atomic E-state index is 11.0. The van der Waals surface area contributed by atoms with Crippen LogP contribution in [0.5, 0.6) is 0 Å². The molecule has 0 amide bonds. The fraction of sp³-hybridized carbons (Fsp3) is 0.857. The molecule has 1 saturated carbocycles. The van der Waals surface area contributed by atoms with Crippen molar-refractivity contribution in [2.75, 3.05) is 0 Å². The van der Waals surface area contributed by atoms with E-state index < -0.39 is 0 Å². The lowest BCUT2D eigenvalue weighted by Crippen LogP contribution is -2.22. The molecule has 2 bridgehead atoms. The van der Waals surface area contributed by atoms with Crippen LogP contribution in [0.3, 0.4) is 0 Å². The predicted octanol–water partition coefficient (Wildman–Crippen LogP) is 1.52. The van der Waals surface area contributed by atoms with E-state index in [1.807, 2.05) is 0 Å². The van der Waals surface area contributed by atoms with Crippen LogP contribution in [-0.2, 0) is 9.53 Å². The van der Waals surface area contributed by atoms with Gasteiger partial charge in [-0.25, -0.2) is 0 Å². The molecule has 0 aromatic carbocycles. The molecule has 3 atom stereocenters. The molecule has 2 aliphatic rings. The van der Waals surface area contributed by atoms with E-state index in [4.69, 9.17) is 4.74 Å². The number of halogens is 1. The summed E-state index contributed by atoms with van der Waals surface area (Å²) >= 11 is 2.38. The number of carbonyl (C=O) groups excluding carboxylic acids is 1. The summed E-state index contributed by atoms with van der Waals surface area (Å²) in [6.45, 7) is 0. The quantitative estimate of drug-likeness (QED) is 0.371. The van der Waals surface area contributed by atoms with Crippen molar-refractivity contribution in [1.29, 1.82) is 0 Å². The SMILES string of the molecule is O=C1O[C@H]2C[C@H]1CCC2I. The minimum absolute atomic E-state index is 0.0455. The van der Waals surface area contributed by atoms with Crippen molar-refractivity contribution < 1.29 is 9.53 Å². The van der Waals surface area contributed by atoms with E-state index in [1.165, 1.54) is 0 Å². The van der Waals surface area contributed by atoms with Gasteiger partial charge in [0.1, 0.15) is 6.10 Å². The summed E-state index contributed by atoms with van der Waals surface area (Å²) in [6, 6.07) is 0. The van der Waals surface area contributed by atoms with Crippen LogP contribution in [0.2, 0.25) is 0 Å². The van der Waals surface area contributed by atoms with Crippen molar-refractivity contribution in [2.45, 2.75) is 29.3 Å². The lowest BCUT2D eigenvalue weighted by atomic mass is 9.90. The van der Waals surface area contributed by atoms with Crippen LogP contribution in [0.25, 0.3) is 0 Å². The summed E-state index contributed by atoms with van der Waals surface area (Å²) in [4.78, 5) is 11.0. The average molecular weight is 252 g/mol. The Labute approximate surface area is 73.5 Å². The lowest BCUT2D eigenvalue weighted by molar-refractivity contribution is -0.143. The number of rotatable bonds is 0. The molecule has 56 valence electrons.